The number of nitrogens with one attached hydrogen (secondary N) is 1. The average Bonchev–Trinajstić information content (AvgIpc) is 2.94. The van der Waals surface area contributed by atoms with E-state index in [4.69, 9.17) is 5.73 Å². The van der Waals surface area contributed by atoms with Crippen molar-refractivity contribution in [3.05, 3.63) is 4.88 Å². The number of nitrogen functional groups attached to an aromatic ring is 1. The zero-order valence-corrected chi connectivity index (χ0v) is 13.2. The molecule has 1 aromatic rings. The lowest BCUT2D eigenvalue weighted by atomic mass is 10.3. The molecule has 0 spiro atoms. The van der Waals surface area contributed by atoms with E-state index >= 15 is 0 Å². The zero-order chi connectivity index (χ0) is 14.9. The fraction of sp³-hybridized carbons (Fsp3) is 0.583. The van der Waals surface area contributed by atoms with Crippen LogP contribution in [0.25, 0.3) is 0 Å². The standard InChI is InChI=1S/C12H19N3O3S2/c1-3-14-11(16)9-8(13)10(20(2,17)18)12(19-9)15-6-4-5-7-15/h3-7,13H2,1-2H3,(H,14,16). The normalized spacial score (nSPS) is 15.6. The largest absolute Gasteiger partial charge is 0.396 e. The van der Waals surface area contributed by atoms with Crippen molar-refractivity contribution in [2.24, 2.45) is 0 Å². The van der Waals surface area contributed by atoms with Gasteiger partial charge in [-0.3, -0.25) is 4.79 Å². The smallest absolute Gasteiger partial charge is 0.263 e. The number of hydrogen-bond donors (Lipinski definition) is 2. The molecule has 1 saturated heterocycles. The number of rotatable bonds is 4. The monoisotopic (exact) mass is 317 g/mol. The molecule has 3 N–H and O–H groups in total. The molecule has 1 aromatic heterocycles. The SMILES string of the molecule is CCNC(=O)c1sc(N2CCCC2)c(S(C)(=O)=O)c1N. The number of thiophene rings is 1. The number of amides is 1. The molecule has 2 heterocycles. The molecule has 1 aliphatic rings. The molecule has 8 heteroatoms. The van der Waals surface area contributed by atoms with Gasteiger partial charge in [-0.25, -0.2) is 8.42 Å². The van der Waals surface area contributed by atoms with E-state index in [9.17, 15) is 13.2 Å². The van der Waals surface area contributed by atoms with E-state index in [1.54, 1.807) is 6.92 Å². The zero-order valence-electron chi connectivity index (χ0n) is 11.6. The molecule has 112 valence electrons. The van der Waals surface area contributed by atoms with Gasteiger partial charge in [0, 0.05) is 25.9 Å². The predicted octanol–water partition coefficient (Wildman–Crippen LogP) is 1.08. The molecule has 20 heavy (non-hydrogen) atoms. The van der Waals surface area contributed by atoms with Crippen molar-refractivity contribution in [2.75, 3.05) is 36.5 Å². The summed E-state index contributed by atoms with van der Waals surface area (Å²) in [5.41, 5.74) is 6.01. The first kappa shape index (κ1) is 15.1. The van der Waals surface area contributed by atoms with Gasteiger partial charge < -0.3 is 16.0 Å². The van der Waals surface area contributed by atoms with Crippen molar-refractivity contribution in [1.82, 2.24) is 5.32 Å². The van der Waals surface area contributed by atoms with Crippen LogP contribution >= 0.6 is 11.3 Å². The van der Waals surface area contributed by atoms with Crippen LogP contribution in [0.3, 0.4) is 0 Å². The number of carbonyl (C=O) groups excluding carboxylic acids is 1. The molecular formula is C12H19N3O3S2. The first-order valence-corrected chi connectivity index (χ1v) is 9.22. The molecule has 0 aliphatic carbocycles. The second-order valence-corrected chi connectivity index (χ2v) is 7.76. The van der Waals surface area contributed by atoms with Gasteiger partial charge in [-0.1, -0.05) is 0 Å². The lowest BCUT2D eigenvalue weighted by Crippen LogP contribution is -2.22. The number of hydrogen-bond acceptors (Lipinski definition) is 6. The Morgan fingerprint density at radius 2 is 2.00 bits per heavy atom. The summed E-state index contributed by atoms with van der Waals surface area (Å²) in [6.07, 6.45) is 3.18. The van der Waals surface area contributed by atoms with Gasteiger partial charge in [0.2, 0.25) is 0 Å². The Labute approximate surface area is 122 Å². The van der Waals surface area contributed by atoms with E-state index in [1.807, 2.05) is 4.90 Å². The molecule has 6 nitrogen and oxygen atoms in total. The lowest BCUT2D eigenvalue weighted by molar-refractivity contribution is 0.0960. The van der Waals surface area contributed by atoms with Crippen LogP contribution in [-0.2, 0) is 9.84 Å². The van der Waals surface area contributed by atoms with Gasteiger partial charge >= 0.3 is 0 Å². The molecule has 2 rings (SSSR count). The number of anilines is 2. The van der Waals surface area contributed by atoms with Crippen LogP contribution in [-0.4, -0.2) is 40.2 Å². The highest BCUT2D eigenvalue weighted by Crippen LogP contribution is 2.42. The summed E-state index contributed by atoms with van der Waals surface area (Å²) in [7, 11) is -3.47. The highest BCUT2D eigenvalue weighted by Gasteiger charge is 2.30. The Bertz CT molecular complexity index is 616. The van der Waals surface area contributed by atoms with Gasteiger partial charge in [0.25, 0.3) is 5.91 Å². The minimum absolute atomic E-state index is 0.0744. The van der Waals surface area contributed by atoms with E-state index in [0.717, 1.165) is 32.2 Å². The fourth-order valence-electron chi connectivity index (χ4n) is 2.31. The van der Waals surface area contributed by atoms with Crippen LogP contribution in [0, 0.1) is 0 Å². The van der Waals surface area contributed by atoms with E-state index in [0.29, 0.717) is 11.5 Å². The second-order valence-electron chi connectivity index (χ2n) is 4.80. The Morgan fingerprint density at radius 3 is 2.50 bits per heavy atom. The quantitative estimate of drug-likeness (QED) is 0.867. The van der Waals surface area contributed by atoms with Gasteiger partial charge in [-0.2, -0.15) is 0 Å². The molecule has 1 aliphatic heterocycles. The van der Waals surface area contributed by atoms with Gasteiger partial charge in [0.15, 0.2) is 9.84 Å². The van der Waals surface area contributed by atoms with Crippen LogP contribution in [0.2, 0.25) is 0 Å². The molecule has 0 atom stereocenters. The average molecular weight is 317 g/mol. The van der Waals surface area contributed by atoms with Crippen molar-refractivity contribution in [2.45, 2.75) is 24.7 Å². The third-order valence-corrected chi connectivity index (χ3v) is 5.74. The highest BCUT2D eigenvalue weighted by molar-refractivity contribution is 7.91. The summed E-state index contributed by atoms with van der Waals surface area (Å²) in [4.78, 5) is 14.4. The maximum atomic E-state index is 12.0. The van der Waals surface area contributed by atoms with Crippen molar-refractivity contribution >= 4 is 37.8 Å². The highest BCUT2D eigenvalue weighted by atomic mass is 32.2. The van der Waals surface area contributed by atoms with Crippen LogP contribution < -0.4 is 16.0 Å². The van der Waals surface area contributed by atoms with E-state index < -0.39 is 9.84 Å². The van der Waals surface area contributed by atoms with Gasteiger partial charge in [0.05, 0.1) is 5.69 Å². The Kier molecular flexibility index (Phi) is 4.24. The van der Waals surface area contributed by atoms with Crippen molar-refractivity contribution in [1.29, 1.82) is 0 Å². The number of sulfone groups is 1. The molecule has 0 bridgehead atoms. The Morgan fingerprint density at radius 1 is 1.40 bits per heavy atom. The first-order chi connectivity index (χ1) is 9.36. The summed E-state index contributed by atoms with van der Waals surface area (Å²) in [5.74, 6) is -0.314. The van der Waals surface area contributed by atoms with E-state index in [2.05, 4.69) is 5.32 Å². The molecule has 0 unspecified atom stereocenters. The lowest BCUT2D eigenvalue weighted by Gasteiger charge is -2.16. The molecule has 0 aromatic carbocycles. The Balaban J connectivity index is 2.55. The molecule has 1 fully saturated rings. The van der Waals surface area contributed by atoms with Crippen LogP contribution in [0.5, 0.6) is 0 Å². The van der Waals surface area contributed by atoms with Crippen LogP contribution in [0.15, 0.2) is 4.90 Å². The molecular weight excluding hydrogens is 298 g/mol. The van der Waals surface area contributed by atoms with Crippen molar-refractivity contribution < 1.29 is 13.2 Å². The summed E-state index contributed by atoms with van der Waals surface area (Å²) in [6, 6.07) is 0. The minimum Gasteiger partial charge on any atom is -0.396 e. The maximum absolute atomic E-state index is 12.0. The summed E-state index contributed by atoms with van der Waals surface area (Å²) in [6.45, 7) is 3.89. The van der Waals surface area contributed by atoms with Crippen molar-refractivity contribution in [3.8, 4) is 0 Å². The number of nitrogens with zero attached hydrogens (tertiary/aromatic N) is 1. The third-order valence-electron chi connectivity index (χ3n) is 3.19. The number of carbonyl (C=O) groups is 1. The fourth-order valence-corrected chi connectivity index (χ4v) is 4.99. The summed E-state index contributed by atoms with van der Waals surface area (Å²) in [5, 5.41) is 3.26. The second kappa shape index (κ2) is 5.61. The topological polar surface area (TPSA) is 92.5 Å². The summed E-state index contributed by atoms with van der Waals surface area (Å²) < 4.78 is 24.0. The predicted molar refractivity (Wildman–Crippen MR) is 81.3 cm³/mol. The summed E-state index contributed by atoms with van der Waals surface area (Å²) >= 11 is 1.17. The number of nitrogens with two attached hydrogens (primary N) is 1. The van der Waals surface area contributed by atoms with Crippen LogP contribution in [0.4, 0.5) is 10.7 Å². The Hall–Kier alpha value is -1.28. The maximum Gasteiger partial charge on any atom is 0.263 e. The molecule has 0 saturated carbocycles. The van der Waals surface area contributed by atoms with Gasteiger partial charge in [-0.05, 0) is 19.8 Å². The van der Waals surface area contributed by atoms with E-state index in [-0.39, 0.29) is 21.4 Å². The molecule has 0 radical (unpaired) electrons. The first-order valence-electron chi connectivity index (χ1n) is 6.51. The van der Waals surface area contributed by atoms with Crippen molar-refractivity contribution in [3.63, 3.8) is 0 Å². The van der Waals surface area contributed by atoms with E-state index in [1.165, 1.54) is 11.3 Å². The third kappa shape index (κ3) is 2.76. The van der Waals surface area contributed by atoms with Gasteiger partial charge in [-0.15, -0.1) is 11.3 Å². The van der Waals surface area contributed by atoms with Crippen LogP contribution in [0.1, 0.15) is 29.4 Å². The minimum atomic E-state index is -3.47. The van der Waals surface area contributed by atoms with Gasteiger partial charge in [0.1, 0.15) is 14.8 Å². The molecule has 1 amide bonds.